The van der Waals surface area contributed by atoms with E-state index in [9.17, 15) is 0 Å². The standard InChI is InChI=1S/C15H15BrClN/c1-10-3-5-12(6-4-10)11(2)18-15-9-13(16)7-8-14(15)17/h3-9,11,18H,1-2H3. The molecule has 2 aromatic carbocycles. The van der Waals surface area contributed by atoms with Crippen molar-refractivity contribution in [3.8, 4) is 0 Å². The van der Waals surface area contributed by atoms with Gasteiger partial charge in [0.1, 0.15) is 0 Å². The minimum absolute atomic E-state index is 0.220. The first-order valence-corrected chi connectivity index (χ1v) is 7.01. The van der Waals surface area contributed by atoms with Crippen LogP contribution in [0.5, 0.6) is 0 Å². The van der Waals surface area contributed by atoms with Gasteiger partial charge < -0.3 is 5.32 Å². The van der Waals surface area contributed by atoms with Gasteiger partial charge in [-0.1, -0.05) is 57.4 Å². The van der Waals surface area contributed by atoms with Crippen molar-refractivity contribution >= 4 is 33.2 Å². The minimum atomic E-state index is 0.220. The lowest BCUT2D eigenvalue weighted by Gasteiger charge is -2.17. The summed E-state index contributed by atoms with van der Waals surface area (Å²) in [6, 6.07) is 14.5. The molecule has 1 atom stereocenters. The summed E-state index contributed by atoms with van der Waals surface area (Å²) in [6.07, 6.45) is 0. The largest absolute Gasteiger partial charge is 0.377 e. The molecule has 1 unspecified atom stereocenters. The van der Waals surface area contributed by atoms with Gasteiger partial charge in [0.05, 0.1) is 10.7 Å². The van der Waals surface area contributed by atoms with Crippen molar-refractivity contribution in [2.75, 3.05) is 5.32 Å². The van der Waals surface area contributed by atoms with Crippen LogP contribution in [0.15, 0.2) is 46.9 Å². The van der Waals surface area contributed by atoms with Crippen molar-refractivity contribution in [1.29, 1.82) is 0 Å². The second-order valence-corrected chi connectivity index (χ2v) is 5.72. The van der Waals surface area contributed by atoms with E-state index in [1.54, 1.807) is 0 Å². The van der Waals surface area contributed by atoms with Crippen LogP contribution < -0.4 is 5.32 Å². The Hall–Kier alpha value is -0.990. The smallest absolute Gasteiger partial charge is 0.0638 e. The molecule has 0 amide bonds. The van der Waals surface area contributed by atoms with E-state index >= 15 is 0 Å². The molecule has 0 bridgehead atoms. The Labute approximate surface area is 121 Å². The van der Waals surface area contributed by atoms with Gasteiger partial charge in [-0.3, -0.25) is 0 Å². The van der Waals surface area contributed by atoms with E-state index in [4.69, 9.17) is 11.6 Å². The third kappa shape index (κ3) is 3.27. The lowest BCUT2D eigenvalue weighted by atomic mass is 10.1. The van der Waals surface area contributed by atoms with Crippen LogP contribution >= 0.6 is 27.5 Å². The fourth-order valence-electron chi connectivity index (χ4n) is 1.78. The van der Waals surface area contributed by atoms with Gasteiger partial charge in [-0.25, -0.2) is 0 Å². The zero-order chi connectivity index (χ0) is 13.1. The Kier molecular flexibility index (Phi) is 4.31. The van der Waals surface area contributed by atoms with Crippen LogP contribution in [0.25, 0.3) is 0 Å². The molecule has 0 heterocycles. The Morgan fingerprint density at radius 2 is 1.78 bits per heavy atom. The highest BCUT2D eigenvalue weighted by molar-refractivity contribution is 9.10. The second-order valence-electron chi connectivity index (χ2n) is 4.40. The number of nitrogens with one attached hydrogen (secondary N) is 1. The molecule has 0 spiro atoms. The zero-order valence-electron chi connectivity index (χ0n) is 10.4. The highest BCUT2D eigenvalue weighted by Crippen LogP contribution is 2.29. The lowest BCUT2D eigenvalue weighted by Crippen LogP contribution is -2.06. The van der Waals surface area contributed by atoms with Crippen molar-refractivity contribution in [2.45, 2.75) is 19.9 Å². The summed E-state index contributed by atoms with van der Waals surface area (Å²) >= 11 is 9.62. The van der Waals surface area contributed by atoms with Gasteiger partial charge in [-0.2, -0.15) is 0 Å². The van der Waals surface area contributed by atoms with Crippen LogP contribution in [0.2, 0.25) is 5.02 Å². The maximum Gasteiger partial charge on any atom is 0.0638 e. The molecule has 1 nitrogen and oxygen atoms in total. The van der Waals surface area contributed by atoms with Crippen LogP contribution in [-0.2, 0) is 0 Å². The Bertz CT molecular complexity index is 537. The van der Waals surface area contributed by atoms with Gasteiger partial charge in [0.25, 0.3) is 0 Å². The van der Waals surface area contributed by atoms with Crippen LogP contribution in [0.3, 0.4) is 0 Å². The fourth-order valence-corrected chi connectivity index (χ4v) is 2.31. The Morgan fingerprint density at radius 1 is 1.11 bits per heavy atom. The topological polar surface area (TPSA) is 12.0 Å². The number of anilines is 1. The quantitative estimate of drug-likeness (QED) is 0.776. The van der Waals surface area contributed by atoms with Crippen molar-refractivity contribution < 1.29 is 0 Å². The van der Waals surface area contributed by atoms with E-state index in [-0.39, 0.29) is 6.04 Å². The summed E-state index contributed by atoms with van der Waals surface area (Å²) < 4.78 is 1.02. The van der Waals surface area contributed by atoms with Gasteiger partial charge in [0.2, 0.25) is 0 Å². The van der Waals surface area contributed by atoms with Crippen molar-refractivity contribution in [1.82, 2.24) is 0 Å². The molecule has 1 N–H and O–H groups in total. The maximum atomic E-state index is 6.17. The summed E-state index contributed by atoms with van der Waals surface area (Å²) in [5, 5.41) is 4.16. The highest BCUT2D eigenvalue weighted by Gasteiger charge is 2.07. The third-order valence-electron chi connectivity index (χ3n) is 2.88. The number of halogens is 2. The van der Waals surface area contributed by atoms with Crippen molar-refractivity contribution in [3.05, 3.63) is 63.1 Å². The van der Waals surface area contributed by atoms with E-state index in [2.05, 4.69) is 59.4 Å². The van der Waals surface area contributed by atoms with E-state index in [0.29, 0.717) is 0 Å². The summed E-state index contributed by atoms with van der Waals surface area (Å²) in [7, 11) is 0. The molecular formula is C15H15BrClN. The Balaban J connectivity index is 2.18. The van der Waals surface area contributed by atoms with E-state index in [1.165, 1.54) is 11.1 Å². The predicted octanol–water partition coefficient (Wildman–Crippen LogP) is 5.58. The average Bonchev–Trinajstić information content (AvgIpc) is 2.34. The molecule has 0 saturated heterocycles. The fraction of sp³-hybridized carbons (Fsp3) is 0.200. The molecule has 2 rings (SSSR count). The van der Waals surface area contributed by atoms with E-state index < -0.39 is 0 Å². The van der Waals surface area contributed by atoms with Crippen LogP contribution in [0, 0.1) is 6.92 Å². The predicted molar refractivity (Wildman–Crippen MR) is 82.4 cm³/mol. The van der Waals surface area contributed by atoms with Crippen molar-refractivity contribution in [3.63, 3.8) is 0 Å². The SMILES string of the molecule is Cc1ccc(C(C)Nc2cc(Br)ccc2Cl)cc1. The maximum absolute atomic E-state index is 6.17. The molecule has 0 aliphatic heterocycles. The lowest BCUT2D eigenvalue weighted by molar-refractivity contribution is 0.884. The Morgan fingerprint density at radius 3 is 2.44 bits per heavy atom. The molecular weight excluding hydrogens is 310 g/mol. The van der Waals surface area contributed by atoms with Gasteiger partial charge in [0, 0.05) is 10.5 Å². The molecule has 0 fully saturated rings. The number of hydrogen-bond donors (Lipinski definition) is 1. The molecule has 0 radical (unpaired) electrons. The summed E-state index contributed by atoms with van der Waals surface area (Å²) in [5.41, 5.74) is 3.46. The molecule has 3 heteroatoms. The van der Waals surface area contributed by atoms with E-state index in [0.717, 1.165) is 15.2 Å². The first kappa shape index (κ1) is 13.4. The van der Waals surface area contributed by atoms with Gasteiger partial charge in [-0.05, 0) is 37.6 Å². The zero-order valence-corrected chi connectivity index (χ0v) is 12.7. The molecule has 0 aromatic heterocycles. The minimum Gasteiger partial charge on any atom is -0.377 e. The molecule has 0 saturated carbocycles. The van der Waals surface area contributed by atoms with Crippen LogP contribution in [-0.4, -0.2) is 0 Å². The van der Waals surface area contributed by atoms with Gasteiger partial charge in [-0.15, -0.1) is 0 Å². The molecule has 0 aliphatic rings. The number of aryl methyl sites for hydroxylation is 1. The van der Waals surface area contributed by atoms with Crippen LogP contribution in [0.4, 0.5) is 5.69 Å². The number of benzene rings is 2. The molecule has 94 valence electrons. The normalized spacial score (nSPS) is 12.2. The monoisotopic (exact) mass is 323 g/mol. The highest BCUT2D eigenvalue weighted by atomic mass is 79.9. The van der Waals surface area contributed by atoms with Crippen molar-refractivity contribution in [2.24, 2.45) is 0 Å². The third-order valence-corrected chi connectivity index (χ3v) is 3.70. The summed E-state index contributed by atoms with van der Waals surface area (Å²) in [4.78, 5) is 0. The van der Waals surface area contributed by atoms with Crippen LogP contribution in [0.1, 0.15) is 24.1 Å². The average molecular weight is 325 g/mol. The number of hydrogen-bond acceptors (Lipinski definition) is 1. The first-order valence-electron chi connectivity index (χ1n) is 5.84. The molecule has 18 heavy (non-hydrogen) atoms. The first-order chi connectivity index (χ1) is 8.56. The van der Waals surface area contributed by atoms with Gasteiger partial charge >= 0.3 is 0 Å². The molecule has 0 aliphatic carbocycles. The molecule has 2 aromatic rings. The number of rotatable bonds is 3. The van der Waals surface area contributed by atoms with Gasteiger partial charge in [0.15, 0.2) is 0 Å². The van der Waals surface area contributed by atoms with E-state index in [1.807, 2.05) is 18.2 Å². The second kappa shape index (κ2) is 5.77. The summed E-state index contributed by atoms with van der Waals surface area (Å²) in [5.74, 6) is 0. The summed E-state index contributed by atoms with van der Waals surface area (Å²) in [6.45, 7) is 4.22.